The number of aliphatic hydroxyl groups excluding tert-OH is 1. The van der Waals surface area contributed by atoms with Gasteiger partial charge in [-0.1, -0.05) is 0 Å². The maximum atomic E-state index is 8.90. The van der Waals surface area contributed by atoms with Crippen LogP contribution in [0.25, 0.3) is 0 Å². The van der Waals surface area contributed by atoms with Crippen molar-refractivity contribution in [2.75, 3.05) is 19.7 Å². The van der Waals surface area contributed by atoms with Crippen molar-refractivity contribution in [3.63, 3.8) is 0 Å². The van der Waals surface area contributed by atoms with E-state index >= 15 is 0 Å². The van der Waals surface area contributed by atoms with Crippen molar-refractivity contribution in [1.82, 2.24) is 4.90 Å². The minimum absolute atomic E-state index is 0.222. The number of nitriles is 1. The first-order chi connectivity index (χ1) is 5.77. The zero-order valence-corrected chi connectivity index (χ0v) is 7.53. The molecule has 1 aliphatic rings. The largest absolute Gasteiger partial charge is 0.395 e. The van der Waals surface area contributed by atoms with Crippen LogP contribution in [-0.2, 0) is 0 Å². The smallest absolute Gasteiger partial charge is 0.0625 e. The van der Waals surface area contributed by atoms with Crippen molar-refractivity contribution in [2.45, 2.75) is 25.8 Å². The Hall–Kier alpha value is -0.590. The number of likely N-dealkylation sites (tertiary alicyclic amines) is 1. The minimum Gasteiger partial charge on any atom is -0.395 e. The summed E-state index contributed by atoms with van der Waals surface area (Å²) in [6.45, 7) is 4.26. The van der Waals surface area contributed by atoms with E-state index in [-0.39, 0.29) is 12.6 Å². The highest BCUT2D eigenvalue weighted by atomic mass is 16.3. The fraction of sp³-hybridized carbons (Fsp3) is 0.889. The molecular weight excluding hydrogens is 152 g/mol. The molecule has 1 fully saturated rings. The molecule has 68 valence electrons. The molecule has 12 heavy (non-hydrogen) atoms. The van der Waals surface area contributed by atoms with Gasteiger partial charge in [0.25, 0.3) is 0 Å². The SMILES string of the molecule is CC(CO)N1CCC(CC#N)C1. The fourth-order valence-corrected chi connectivity index (χ4v) is 1.67. The van der Waals surface area contributed by atoms with Gasteiger partial charge in [0.15, 0.2) is 0 Å². The monoisotopic (exact) mass is 168 g/mol. The normalized spacial score (nSPS) is 26.9. The van der Waals surface area contributed by atoms with Gasteiger partial charge in [0.2, 0.25) is 0 Å². The molecule has 3 heteroatoms. The van der Waals surface area contributed by atoms with Crippen LogP contribution < -0.4 is 0 Å². The Balaban J connectivity index is 2.31. The van der Waals surface area contributed by atoms with Crippen LogP contribution in [0.15, 0.2) is 0 Å². The number of hydrogen-bond donors (Lipinski definition) is 1. The third kappa shape index (κ3) is 2.20. The van der Waals surface area contributed by atoms with Crippen molar-refractivity contribution >= 4 is 0 Å². The molecule has 0 aromatic rings. The lowest BCUT2D eigenvalue weighted by Crippen LogP contribution is -2.33. The molecule has 1 heterocycles. The van der Waals surface area contributed by atoms with Gasteiger partial charge in [-0.15, -0.1) is 0 Å². The molecule has 1 aliphatic heterocycles. The van der Waals surface area contributed by atoms with Crippen molar-refractivity contribution in [1.29, 1.82) is 5.26 Å². The van der Waals surface area contributed by atoms with Gasteiger partial charge in [-0.05, 0) is 25.8 Å². The molecule has 0 spiro atoms. The molecule has 2 unspecified atom stereocenters. The molecule has 2 atom stereocenters. The standard InChI is InChI=1S/C9H16N2O/c1-8(7-12)11-5-3-9(6-11)2-4-10/h8-9,12H,2-3,5-7H2,1H3. The number of hydrogen-bond acceptors (Lipinski definition) is 3. The van der Waals surface area contributed by atoms with E-state index in [0.717, 1.165) is 19.5 Å². The quantitative estimate of drug-likeness (QED) is 0.671. The lowest BCUT2D eigenvalue weighted by atomic mass is 10.1. The highest BCUT2D eigenvalue weighted by molar-refractivity contribution is 4.85. The molecule has 0 saturated carbocycles. The molecule has 0 aliphatic carbocycles. The van der Waals surface area contributed by atoms with Crippen molar-refractivity contribution in [3.05, 3.63) is 0 Å². The topological polar surface area (TPSA) is 47.3 Å². The van der Waals surface area contributed by atoms with Gasteiger partial charge in [0, 0.05) is 19.0 Å². The Labute approximate surface area is 73.6 Å². The second-order valence-electron chi connectivity index (χ2n) is 3.54. The van der Waals surface area contributed by atoms with Gasteiger partial charge in [-0.25, -0.2) is 0 Å². The van der Waals surface area contributed by atoms with Crippen LogP contribution in [0, 0.1) is 17.2 Å². The molecule has 1 rings (SSSR count). The first kappa shape index (κ1) is 9.50. The highest BCUT2D eigenvalue weighted by Gasteiger charge is 2.24. The summed E-state index contributed by atoms with van der Waals surface area (Å²) in [4.78, 5) is 2.25. The average molecular weight is 168 g/mol. The van der Waals surface area contributed by atoms with Gasteiger partial charge in [0.1, 0.15) is 0 Å². The molecule has 1 saturated heterocycles. The molecule has 0 aromatic carbocycles. The Morgan fingerprint density at radius 3 is 3.08 bits per heavy atom. The third-order valence-electron chi connectivity index (χ3n) is 2.58. The van der Waals surface area contributed by atoms with Crippen LogP contribution in [0.4, 0.5) is 0 Å². The number of rotatable bonds is 3. The number of aliphatic hydroxyl groups is 1. The molecule has 0 radical (unpaired) electrons. The van der Waals surface area contributed by atoms with E-state index in [1.165, 1.54) is 0 Å². The predicted octanol–water partition coefficient (Wildman–Crippen LogP) is 0.603. The first-order valence-electron chi connectivity index (χ1n) is 4.49. The second kappa shape index (κ2) is 4.44. The Kier molecular flexibility index (Phi) is 3.51. The van der Waals surface area contributed by atoms with Gasteiger partial charge in [0.05, 0.1) is 12.7 Å². The van der Waals surface area contributed by atoms with E-state index in [0.29, 0.717) is 12.3 Å². The lowest BCUT2D eigenvalue weighted by Gasteiger charge is -2.21. The summed E-state index contributed by atoms with van der Waals surface area (Å²) in [6, 6.07) is 2.46. The maximum absolute atomic E-state index is 8.90. The number of nitrogens with zero attached hydrogens (tertiary/aromatic N) is 2. The summed E-state index contributed by atoms with van der Waals surface area (Å²) in [5.74, 6) is 0.531. The van der Waals surface area contributed by atoms with Gasteiger partial charge < -0.3 is 5.11 Å². The van der Waals surface area contributed by atoms with Crippen molar-refractivity contribution in [3.8, 4) is 6.07 Å². The zero-order chi connectivity index (χ0) is 8.97. The molecule has 0 amide bonds. The summed E-state index contributed by atoms with van der Waals surface area (Å²) in [5, 5.41) is 17.4. The molecule has 0 bridgehead atoms. The van der Waals surface area contributed by atoms with Gasteiger partial charge in [-0.2, -0.15) is 5.26 Å². The maximum Gasteiger partial charge on any atom is 0.0625 e. The van der Waals surface area contributed by atoms with E-state index in [1.54, 1.807) is 0 Å². The second-order valence-corrected chi connectivity index (χ2v) is 3.54. The van der Waals surface area contributed by atoms with Crippen LogP contribution >= 0.6 is 0 Å². The minimum atomic E-state index is 0.222. The van der Waals surface area contributed by atoms with E-state index < -0.39 is 0 Å². The molecule has 1 N–H and O–H groups in total. The Bertz CT molecular complexity index is 176. The summed E-state index contributed by atoms with van der Waals surface area (Å²) in [6.07, 6.45) is 1.77. The van der Waals surface area contributed by atoms with Crippen LogP contribution in [0.5, 0.6) is 0 Å². The van der Waals surface area contributed by atoms with Crippen LogP contribution in [0.2, 0.25) is 0 Å². The fourth-order valence-electron chi connectivity index (χ4n) is 1.67. The Morgan fingerprint density at radius 2 is 2.50 bits per heavy atom. The van der Waals surface area contributed by atoms with E-state index in [2.05, 4.69) is 11.0 Å². The lowest BCUT2D eigenvalue weighted by molar-refractivity contribution is 0.154. The van der Waals surface area contributed by atoms with Crippen molar-refractivity contribution in [2.24, 2.45) is 5.92 Å². The highest BCUT2D eigenvalue weighted by Crippen LogP contribution is 2.20. The van der Waals surface area contributed by atoms with Gasteiger partial charge >= 0.3 is 0 Å². The third-order valence-corrected chi connectivity index (χ3v) is 2.58. The van der Waals surface area contributed by atoms with Crippen LogP contribution in [0.1, 0.15) is 19.8 Å². The molecular formula is C9H16N2O. The molecule has 3 nitrogen and oxygen atoms in total. The van der Waals surface area contributed by atoms with E-state index in [4.69, 9.17) is 10.4 Å². The first-order valence-corrected chi connectivity index (χ1v) is 4.49. The van der Waals surface area contributed by atoms with Gasteiger partial charge in [-0.3, -0.25) is 4.90 Å². The van der Waals surface area contributed by atoms with E-state index in [9.17, 15) is 0 Å². The molecule has 0 aromatic heterocycles. The summed E-state index contributed by atoms with van der Waals surface area (Å²) in [5.41, 5.74) is 0. The van der Waals surface area contributed by atoms with Crippen LogP contribution in [-0.4, -0.2) is 35.7 Å². The van der Waals surface area contributed by atoms with Crippen molar-refractivity contribution < 1.29 is 5.11 Å². The summed E-state index contributed by atoms with van der Waals surface area (Å²) >= 11 is 0. The summed E-state index contributed by atoms with van der Waals surface area (Å²) in [7, 11) is 0. The predicted molar refractivity (Wildman–Crippen MR) is 46.5 cm³/mol. The Morgan fingerprint density at radius 1 is 1.75 bits per heavy atom. The summed E-state index contributed by atoms with van der Waals surface area (Å²) < 4.78 is 0. The van der Waals surface area contributed by atoms with E-state index in [1.807, 2.05) is 6.92 Å². The average Bonchev–Trinajstić information content (AvgIpc) is 2.52. The van der Waals surface area contributed by atoms with Crippen LogP contribution in [0.3, 0.4) is 0 Å². The zero-order valence-electron chi connectivity index (χ0n) is 7.53.